The Morgan fingerprint density at radius 2 is 2.05 bits per heavy atom. The van der Waals surface area contributed by atoms with Crippen molar-refractivity contribution in [2.75, 3.05) is 5.75 Å². The van der Waals surface area contributed by atoms with Gasteiger partial charge in [-0.3, -0.25) is 0 Å². The third kappa shape index (κ3) is 6.02. The zero-order chi connectivity index (χ0) is 15.0. The molecule has 2 nitrogen and oxygen atoms in total. The van der Waals surface area contributed by atoms with Gasteiger partial charge in [0, 0.05) is 0 Å². The summed E-state index contributed by atoms with van der Waals surface area (Å²) in [5, 5.41) is 10.6. The molecule has 0 amide bonds. The molecule has 20 heavy (non-hydrogen) atoms. The first-order valence-corrected chi connectivity index (χ1v) is 8.26. The first-order valence-electron chi connectivity index (χ1n) is 7.21. The van der Waals surface area contributed by atoms with Gasteiger partial charge >= 0.3 is 0 Å². The second-order valence-electron chi connectivity index (χ2n) is 5.13. The van der Waals surface area contributed by atoms with Gasteiger partial charge in [-0.2, -0.15) is 11.8 Å². The Morgan fingerprint density at radius 1 is 1.35 bits per heavy atom. The van der Waals surface area contributed by atoms with Gasteiger partial charge in [-0.15, -0.1) is 0 Å². The van der Waals surface area contributed by atoms with Gasteiger partial charge in [0.1, 0.15) is 5.75 Å². The van der Waals surface area contributed by atoms with Crippen molar-refractivity contribution in [3.63, 3.8) is 0 Å². The molecule has 1 aromatic carbocycles. The van der Waals surface area contributed by atoms with Crippen molar-refractivity contribution < 1.29 is 9.84 Å². The zero-order valence-corrected chi connectivity index (χ0v) is 13.7. The molecule has 3 heteroatoms. The minimum atomic E-state index is -0.855. The van der Waals surface area contributed by atoms with Crippen molar-refractivity contribution in [1.29, 1.82) is 0 Å². The van der Waals surface area contributed by atoms with Crippen LogP contribution >= 0.6 is 11.8 Å². The smallest absolute Gasteiger partial charge is 0.219 e. The molecule has 1 aromatic rings. The Bertz CT molecular complexity index is 427. The number of aliphatic hydroxyl groups is 1. The summed E-state index contributed by atoms with van der Waals surface area (Å²) in [7, 11) is 0. The highest BCUT2D eigenvalue weighted by Gasteiger charge is 2.10. The van der Waals surface area contributed by atoms with E-state index in [1.165, 1.54) is 5.56 Å². The number of para-hydroxylation sites is 1. The van der Waals surface area contributed by atoms with Crippen LogP contribution in [0.3, 0.4) is 0 Å². The first-order chi connectivity index (χ1) is 9.54. The normalized spacial score (nSPS) is 13.6. The molecule has 0 aliphatic heterocycles. The van der Waals surface area contributed by atoms with Crippen LogP contribution in [0, 0.1) is 0 Å². The van der Waals surface area contributed by atoms with Crippen LogP contribution < -0.4 is 4.74 Å². The number of benzene rings is 1. The van der Waals surface area contributed by atoms with E-state index in [1.807, 2.05) is 49.9 Å². The fourth-order valence-electron chi connectivity index (χ4n) is 1.76. The van der Waals surface area contributed by atoms with E-state index >= 15 is 0 Å². The van der Waals surface area contributed by atoms with Crippen LogP contribution in [-0.4, -0.2) is 22.4 Å². The third-order valence-electron chi connectivity index (χ3n) is 3.10. The van der Waals surface area contributed by atoms with Crippen LogP contribution in [0.2, 0.25) is 0 Å². The number of thioether (sulfide) groups is 1. The molecule has 0 aromatic heterocycles. The standard InChI is InChI=1S/C17H26O2S/c1-5-14(4)17(18)19-16-11-7-6-9-15(16)10-8-12-20-13(2)3/h5-7,9,11,13,17-18H,8,10,12H2,1-4H3. The molecule has 0 heterocycles. The van der Waals surface area contributed by atoms with Crippen molar-refractivity contribution in [3.8, 4) is 5.75 Å². The van der Waals surface area contributed by atoms with Crippen molar-refractivity contribution >= 4 is 11.8 Å². The Morgan fingerprint density at radius 3 is 2.70 bits per heavy atom. The largest absolute Gasteiger partial charge is 0.461 e. The Hall–Kier alpha value is -0.930. The molecule has 1 atom stereocenters. The monoisotopic (exact) mass is 294 g/mol. The summed E-state index contributed by atoms with van der Waals surface area (Å²) in [5.41, 5.74) is 2.00. The maximum Gasteiger partial charge on any atom is 0.219 e. The molecule has 0 fully saturated rings. The van der Waals surface area contributed by atoms with Crippen LogP contribution in [0.1, 0.15) is 39.7 Å². The lowest BCUT2D eigenvalue weighted by atomic mass is 10.1. The minimum Gasteiger partial charge on any atom is -0.461 e. The predicted molar refractivity (Wildman–Crippen MR) is 88.4 cm³/mol. The van der Waals surface area contributed by atoms with Crippen LogP contribution in [0.4, 0.5) is 0 Å². The fourth-order valence-corrected chi connectivity index (χ4v) is 2.55. The van der Waals surface area contributed by atoms with Crippen molar-refractivity contribution in [2.45, 2.75) is 52.1 Å². The molecule has 112 valence electrons. The second kappa shape index (κ2) is 9.09. The van der Waals surface area contributed by atoms with E-state index in [4.69, 9.17) is 4.74 Å². The van der Waals surface area contributed by atoms with E-state index in [-0.39, 0.29) is 0 Å². The van der Waals surface area contributed by atoms with Gasteiger partial charge in [0.05, 0.1) is 0 Å². The highest BCUT2D eigenvalue weighted by atomic mass is 32.2. The van der Waals surface area contributed by atoms with Gasteiger partial charge in [0.2, 0.25) is 6.29 Å². The molecule has 1 unspecified atom stereocenters. The molecular formula is C17H26O2S. The highest BCUT2D eigenvalue weighted by molar-refractivity contribution is 7.99. The highest BCUT2D eigenvalue weighted by Crippen LogP contribution is 2.23. The van der Waals surface area contributed by atoms with Crippen LogP contribution in [0.15, 0.2) is 35.9 Å². The molecule has 1 N–H and O–H groups in total. The van der Waals surface area contributed by atoms with Crippen molar-refractivity contribution in [1.82, 2.24) is 0 Å². The first kappa shape index (κ1) is 17.1. The van der Waals surface area contributed by atoms with E-state index < -0.39 is 6.29 Å². The third-order valence-corrected chi connectivity index (χ3v) is 4.29. The van der Waals surface area contributed by atoms with Gasteiger partial charge in [0.15, 0.2) is 0 Å². The SMILES string of the molecule is CC=C(C)C(O)Oc1ccccc1CCCSC(C)C. The number of aliphatic hydroxyl groups excluding tert-OH is 1. The molecule has 0 radical (unpaired) electrons. The topological polar surface area (TPSA) is 29.5 Å². The number of aryl methyl sites for hydroxylation is 1. The fraction of sp³-hybridized carbons (Fsp3) is 0.529. The summed E-state index contributed by atoms with van der Waals surface area (Å²) in [6.07, 6.45) is 3.12. The Kier molecular flexibility index (Phi) is 7.78. The van der Waals surface area contributed by atoms with Crippen LogP contribution in [-0.2, 0) is 6.42 Å². The van der Waals surface area contributed by atoms with Gasteiger partial charge in [-0.25, -0.2) is 0 Å². The minimum absolute atomic E-state index is 0.681. The molecule has 0 aliphatic carbocycles. The quantitative estimate of drug-likeness (QED) is 0.437. The maximum absolute atomic E-state index is 9.95. The lowest BCUT2D eigenvalue weighted by Crippen LogP contribution is -2.17. The number of hydrogen-bond acceptors (Lipinski definition) is 3. The number of ether oxygens (including phenoxy) is 1. The predicted octanol–water partition coefficient (Wildman–Crippen LogP) is 4.42. The summed E-state index contributed by atoms with van der Waals surface area (Å²) >= 11 is 1.98. The second-order valence-corrected chi connectivity index (χ2v) is 6.82. The lowest BCUT2D eigenvalue weighted by Gasteiger charge is -2.17. The van der Waals surface area contributed by atoms with E-state index in [2.05, 4.69) is 19.9 Å². The van der Waals surface area contributed by atoms with Crippen molar-refractivity contribution in [2.24, 2.45) is 0 Å². The molecule has 0 bridgehead atoms. The molecule has 0 saturated carbocycles. The average molecular weight is 294 g/mol. The van der Waals surface area contributed by atoms with E-state index in [9.17, 15) is 5.11 Å². The summed E-state index contributed by atoms with van der Waals surface area (Å²) in [6.45, 7) is 8.21. The van der Waals surface area contributed by atoms with Crippen molar-refractivity contribution in [3.05, 3.63) is 41.5 Å². The molecular weight excluding hydrogens is 268 g/mol. The molecule has 0 spiro atoms. The Balaban J connectivity index is 2.59. The van der Waals surface area contributed by atoms with Gasteiger partial charge in [-0.1, -0.05) is 38.1 Å². The van der Waals surface area contributed by atoms with E-state index in [0.717, 1.165) is 29.9 Å². The lowest BCUT2D eigenvalue weighted by molar-refractivity contribution is 0.0139. The number of rotatable bonds is 8. The van der Waals surface area contributed by atoms with E-state index in [1.54, 1.807) is 0 Å². The summed E-state index contributed by atoms with van der Waals surface area (Å²) in [4.78, 5) is 0. The van der Waals surface area contributed by atoms with Gasteiger partial charge in [0.25, 0.3) is 0 Å². The summed E-state index contributed by atoms with van der Waals surface area (Å²) in [6, 6.07) is 7.97. The van der Waals surface area contributed by atoms with Crippen LogP contribution in [0.25, 0.3) is 0 Å². The average Bonchev–Trinajstić information content (AvgIpc) is 2.44. The van der Waals surface area contributed by atoms with E-state index in [0.29, 0.717) is 5.25 Å². The molecule has 0 saturated heterocycles. The Labute approximate surface area is 127 Å². The molecule has 1 rings (SSSR count). The summed E-state index contributed by atoms with van der Waals surface area (Å²) in [5.74, 6) is 1.94. The molecule has 0 aliphatic rings. The number of hydrogen-bond donors (Lipinski definition) is 1. The van der Waals surface area contributed by atoms with Gasteiger partial charge in [-0.05, 0) is 54.9 Å². The zero-order valence-electron chi connectivity index (χ0n) is 12.9. The van der Waals surface area contributed by atoms with Crippen LogP contribution in [0.5, 0.6) is 5.75 Å². The summed E-state index contributed by atoms with van der Waals surface area (Å²) < 4.78 is 5.66. The maximum atomic E-state index is 9.95. The van der Waals surface area contributed by atoms with Gasteiger partial charge < -0.3 is 9.84 Å². The number of allylic oxidation sites excluding steroid dienone is 1.